The summed E-state index contributed by atoms with van der Waals surface area (Å²) in [5, 5.41) is 25.4. The lowest BCUT2D eigenvalue weighted by Crippen LogP contribution is -2.07. The lowest BCUT2D eigenvalue weighted by atomic mass is 9.94. The quantitative estimate of drug-likeness (QED) is 0.110. The maximum absolute atomic E-state index is 10.5. The second-order valence-electron chi connectivity index (χ2n) is 9.77. The normalized spacial score (nSPS) is 10.4. The zero-order valence-corrected chi connectivity index (χ0v) is 26.5. The molecular formula is C31H38Cl2N6O2. The van der Waals surface area contributed by atoms with Gasteiger partial charge in [0.05, 0.1) is 11.6 Å². The molecule has 0 amide bonds. The Balaban J connectivity index is 0.000000262. The van der Waals surface area contributed by atoms with Gasteiger partial charge in [0, 0.05) is 48.4 Å². The molecule has 0 aliphatic carbocycles. The number of oxime groups is 1. The minimum Gasteiger partial charge on any atom is -0.498 e. The molecule has 0 saturated carbocycles. The summed E-state index contributed by atoms with van der Waals surface area (Å²) >= 11 is 9.53. The largest absolute Gasteiger partial charge is 0.498 e. The predicted molar refractivity (Wildman–Crippen MR) is 169 cm³/mol. The molecule has 0 bridgehead atoms. The molecule has 0 unspecified atom stereocenters. The Morgan fingerprint density at radius 3 is 1.71 bits per heavy atom. The number of nitrogens with zero attached hydrogens (tertiary/aromatic N) is 6. The van der Waals surface area contributed by atoms with E-state index in [4.69, 9.17) is 28.4 Å². The summed E-state index contributed by atoms with van der Waals surface area (Å²) in [5.74, 6) is 1.97. The molecule has 0 aliphatic rings. The van der Waals surface area contributed by atoms with E-state index < -0.39 is 0 Å². The third-order valence-electron chi connectivity index (χ3n) is 7.17. The van der Waals surface area contributed by atoms with Crippen molar-refractivity contribution in [2.24, 2.45) is 5.16 Å². The van der Waals surface area contributed by atoms with Crippen molar-refractivity contribution < 1.29 is 5.21 Å². The van der Waals surface area contributed by atoms with E-state index in [1.807, 2.05) is 53.2 Å². The molecule has 4 aromatic rings. The average molecular weight is 598 g/mol. The number of halogens is 2. The number of hydrogen-bond acceptors (Lipinski definition) is 5. The van der Waals surface area contributed by atoms with Crippen molar-refractivity contribution in [3.05, 3.63) is 114 Å². The SMILES string of the molecule is Cc1cc(C)c(Cn2ccnc2C)c(C)c1/C=N/O.Cc1cc(C)c(Cn2ccnc2C)c(C)c1C#[N+][O-].ClCCl. The Morgan fingerprint density at radius 2 is 1.29 bits per heavy atom. The molecule has 2 aromatic carbocycles. The summed E-state index contributed by atoms with van der Waals surface area (Å²) in [6, 6.07) is 6.75. The Labute approximate surface area is 252 Å². The van der Waals surface area contributed by atoms with Crippen LogP contribution in [0.2, 0.25) is 0 Å². The van der Waals surface area contributed by atoms with E-state index in [1.54, 1.807) is 6.20 Å². The Morgan fingerprint density at radius 1 is 0.829 bits per heavy atom. The summed E-state index contributed by atoms with van der Waals surface area (Å²) in [6.07, 6.45) is 9.05. The zero-order chi connectivity index (χ0) is 30.7. The highest BCUT2D eigenvalue weighted by Gasteiger charge is 2.14. The average Bonchev–Trinajstić information content (AvgIpc) is 3.52. The minimum absolute atomic E-state index is 0.194. The van der Waals surface area contributed by atoms with Crippen molar-refractivity contribution >= 4 is 29.4 Å². The third-order valence-corrected chi connectivity index (χ3v) is 7.17. The van der Waals surface area contributed by atoms with Crippen LogP contribution in [-0.2, 0) is 13.1 Å². The summed E-state index contributed by atoms with van der Waals surface area (Å²) in [7, 11) is 0. The van der Waals surface area contributed by atoms with E-state index in [-0.39, 0.29) is 5.34 Å². The molecule has 2 heterocycles. The van der Waals surface area contributed by atoms with E-state index in [1.165, 1.54) is 28.5 Å². The first kappa shape index (κ1) is 33.4. The van der Waals surface area contributed by atoms with Gasteiger partial charge in [-0.15, -0.1) is 23.2 Å². The van der Waals surface area contributed by atoms with Crippen molar-refractivity contribution in [1.82, 2.24) is 19.1 Å². The summed E-state index contributed by atoms with van der Waals surface area (Å²) < 4.78 is 4.20. The molecule has 1 N–H and O–H groups in total. The van der Waals surface area contributed by atoms with Crippen molar-refractivity contribution in [3.8, 4) is 6.07 Å². The zero-order valence-electron chi connectivity index (χ0n) is 25.0. The van der Waals surface area contributed by atoms with E-state index in [9.17, 15) is 5.21 Å². The number of imidazole rings is 2. The fraction of sp³-hybridized carbons (Fsp3) is 0.355. The fourth-order valence-electron chi connectivity index (χ4n) is 4.91. The predicted octanol–water partition coefficient (Wildman–Crippen LogP) is 7.74. The Bertz CT molecular complexity index is 1560. The van der Waals surface area contributed by atoms with Gasteiger partial charge in [-0.05, 0) is 99.9 Å². The summed E-state index contributed by atoms with van der Waals surface area (Å²) in [6.45, 7) is 17.8. The van der Waals surface area contributed by atoms with Crippen LogP contribution >= 0.6 is 23.2 Å². The van der Waals surface area contributed by atoms with Gasteiger partial charge < -0.3 is 19.5 Å². The number of hydrogen-bond donors (Lipinski definition) is 1. The number of benzene rings is 2. The molecule has 0 spiro atoms. The standard InChI is InChI=1S/C15H19N3O.C15H17N3O.CH2Cl2/c2*1-10-7-11(2)15(12(3)14(10)8-17-19)9-18-6-5-16-13(18)4;2-1-3/h5-8,19H,9H2,1-4H3;5-7H,9H2,1-4H3;1H2/b17-8+;;. The van der Waals surface area contributed by atoms with E-state index in [0.717, 1.165) is 58.1 Å². The van der Waals surface area contributed by atoms with Crippen molar-refractivity contribution in [3.63, 3.8) is 0 Å². The van der Waals surface area contributed by atoms with Crippen LogP contribution in [0.15, 0.2) is 42.1 Å². The van der Waals surface area contributed by atoms with Crippen LogP contribution in [0.25, 0.3) is 5.01 Å². The van der Waals surface area contributed by atoms with Crippen LogP contribution in [0.1, 0.15) is 67.3 Å². The highest BCUT2D eigenvalue weighted by molar-refractivity contribution is 6.40. The molecule has 0 saturated heterocycles. The minimum atomic E-state index is 0.194. The monoisotopic (exact) mass is 596 g/mol. The smallest absolute Gasteiger partial charge is 0.337 e. The molecule has 8 nitrogen and oxygen atoms in total. The van der Waals surface area contributed by atoms with E-state index in [0.29, 0.717) is 0 Å². The van der Waals surface area contributed by atoms with E-state index >= 15 is 0 Å². The van der Waals surface area contributed by atoms with Crippen molar-refractivity contribution in [2.75, 3.05) is 5.34 Å². The van der Waals surface area contributed by atoms with Crippen LogP contribution in [-0.4, -0.2) is 35.9 Å². The van der Waals surface area contributed by atoms with Gasteiger partial charge in [0.25, 0.3) is 0 Å². The van der Waals surface area contributed by atoms with E-state index in [2.05, 4.69) is 68.2 Å². The lowest BCUT2D eigenvalue weighted by molar-refractivity contribution is 0.322. The molecule has 4 rings (SSSR count). The maximum Gasteiger partial charge on any atom is 0.337 e. The molecule has 0 aliphatic heterocycles. The van der Waals surface area contributed by atoms with Crippen LogP contribution in [0.5, 0.6) is 0 Å². The van der Waals surface area contributed by atoms with Gasteiger partial charge >= 0.3 is 6.07 Å². The number of alkyl halides is 2. The molecule has 10 heteroatoms. The van der Waals surface area contributed by atoms with Crippen LogP contribution in [0.4, 0.5) is 0 Å². The van der Waals surface area contributed by atoms with Crippen LogP contribution in [0.3, 0.4) is 0 Å². The number of aromatic nitrogens is 4. The third kappa shape index (κ3) is 8.59. The molecule has 218 valence electrons. The second-order valence-corrected chi connectivity index (χ2v) is 10.6. The highest BCUT2D eigenvalue weighted by atomic mass is 35.5. The summed E-state index contributed by atoms with van der Waals surface area (Å²) in [5.41, 5.74) is 11.1. The summed E-state index contributed by atoms with van der Waals surface area (Å²) in [4.78, 5) is 8.47. The number of aryl methyl sites for hydroxylation is 6. The van der Waals surface area contributed by atoms with Gasteiger partial charge in [-0.2, -0.15) is 0 Å². The second kappa shape index (κ2) is 15.8. The van der Waals surface area contributed by atoms with Crippen LogP contribution < -0.4 is 0 Å². The highest BCUT2D eigenvalue weighted by Crippen LogP contribution is 2.24. The first-order chi connectivity index (χ1) is 19.5. The molecule has 0 atom stereocenters. The van der Waals surface area contributed by atoms with Gasteiger partial charge in [0.2, 0.25) is 0 Å². The Kier molecular flexibility index (Phi) is 12.9. The van der Waals surface area contributed by atoms with Crippen molar-refractivity contribution in [2.45, 2.75) is 68.5 Å². The van der Waals surface area contributed by atoms with Crippen molar-refractivity contribution in [1.29, 1.82) is 0 Å². The maximum atomic E-state index is 10.5. The molecule has 0 fully saturated rings. The number of rotatable bonds is 5. The van der Waals surface area contributed by atoms with Gasteiger partial charge in [-0.25, -0.2) is 9.97 Å². The Hall–Kier alpha value is -3.80. The lowest BCUT2D eigenvalue weighted by Gasteiger charge is -2.16. The molecule has 2 aromatic heterocycles. The molecule has 41 heavy (non-hydrogen) atoms. The van der Waals surface area contributed by atoms with Gasteiger partial charge in [0.15, 0.2) is 0 Å². The molecule has 0 radical (unpaired) electrons. The van der Waals surface area contributed by atoms with Gasteiger partial charge in [-0.1, -0.05) is 17.3 Å². The molecular weight excluding hydrogens is 559 g/mol. The van der Waals surface area contributed by atoms with Crippen LogP contribution in [0, 0.1) is 66.7 Å². The first-order valence-electron chi connectivity index (χ1n) is 13.0. The first-order valence-corrected chi connectivity index (χ1v) is 14.1. The van der Waals surface area contributed by atoms with Gasteiger partial charge in [-0.3, -0.25) is 0 Å². The van der Waals surface area contributed by atoms with Gasteiger partial charge in [0.1, 0.15) is 17.2 Å². The topological polar surface area (TPSA) is 95.6 Å². The fourth-order valence-corrected chi connectivity index (χ4v) is 4.91.